The summed E-state index contributed by atoms with van der Waals surface area (Å²) in [5, 5.41) is 3.64. The lowest BCUT2D eigenvalue weighted by Gasteiger charge is -2.34. The highest BCUT2D eigenvalue weighted by Crippen LogP contribution is 2.20. The van der Waals surface area contributed by atoms with Crippen LogP contribution >= 0.6 is 11.8 Å². The van der Waals surface area contributed by atoms with Gasteiger partial charge in [-0.05, 0) is 45.3 Å². The molecule has 0 aromatic rings. The van der Waals surface area contributed by atoms with Gasteiger partial charge < -0.3 is 10.2 Å². The molecule has 1 atom stereocenters. The van der Waals surface area contributed by atoms with Crippen molar-refractivity contribution in [2.45, 2.75) is 32.7 Å². The fourth-order valence-electron chi connectivity index (χ4n) is 2.43. The molecule has 17 heavy (non-hydrogen) atoms. The van der Waals surface area contributed by atoms with Gasteiger partial charge in [-0.1, -0.05) is 12.8 Å². The van der Waals surface area contributed by atoms with E-state index >= 15 is 0 Å². The van der Waals surface area contributed by atoms with E-state index < -0.39 is 0 Å². The van der Waals surface area contributed by atoms with Crippen LogP contribution in [0.25, 0.3) is 0 Å². The number of piperidine rings is 1. The first-order valence-electron chi connectivity index (χ1n) is 6.74. The van der Waals surface area contributed by atoms with Crippen LogP contribution < -0.4 is 5.32 Å². The molecule has 3 heteroatoms. The van der Waals surface area contributed by atoms with E-state index in [1.807, 2.05) is 11.8 Å². The molecule has 98 valence electrons. The second-order valence-electron chi connectivity index (χ2n) is 4.77. The van der Waals surface area contributed by atoms with E-state index in [9.17, 15) is 0 Å². The molecule has 1 aliphatic rings. The first kappa shape index (κ1) is 14.9. The van der Waals surface area contributed by atoms with Gasteiger partial charge in [-0.3, -0.25) is 0 Å². The van der Waals surface area contributed by atoms with E-state index in [1.165, 1.54) is 32.5 Å². The Morgan fingerprint density at radius 1 is 1.47 bits per heavy atom. The lowest BCUT2D eigenvalue weighted by Crippen LogP contribution is -2.42. The van der Waals surface area contributed by atoms with Crippen molar-refractivity contribution in [2.24, 2.45) is 5.92 Å². The highest BCUT2D eigenvalue weighted by atomic mass is 32.2. The third-order valence-corrected chi connectivity index (χ3v) is 4.55. The zero-order chi connectivity index (χ0) is 12.5. The Kier molecular flexibility index (Phi) is 7.75. The van der Waals surface area contributed by atoms with Gasteiger partial charge in [0.2, 0.25) is 0 Å². The van der Waals surface area contributed by atoms with Gasteiger partial charge >= 0.3 is 0 Å². The number of hydrogen-bond acceptors (Lipinski definition) is 3. The van der Waals surface area contributed by atoms with Crippen molar-refractivity contribution in [1.29, 1.82) is 0 Å². The van der Waals surface area contributed by atoms with Crippen molar-refractivity contribution in [3.63, 3.8) is 0 Å². The molecule has 1 heterocycles. The Bertz CT molecular complexity index is 229. The Morgan fingerprint density at radius 2 is 2.18 bits per heavy atom. The number of likely N-dealkylation sites (tertiary alicyclic amines) is 1. The summed E-state index contributed by atoms with van der Waals surface area (Å²) in [5.41, 5.74) is 0. The highest BCUT2D eigenvalue weighted by molar-refractivity contribution is 7.99. The van der Waals surface area contributed by atoms with E-state index in [1.54, 1.807) is 0 Å². The predicted octanol–water partition coefficient (Wildman–Crippen LogP) is 2.06. The molecule has 1 fully saturated rings. The maximum atomic E-state index is 5.22. The molecule has 1 saturated heterocycles. The number of hydrogen-bond donors (Lipinski definition) is 1. The van der Waals surface area contributed by atoms with Crippen molar-refractivity contribution < 1.29 is 0 Å². The third-order valence-electron chi connectivity index (χ3n) is 3.68. The van der Waals surface area contributed by atoms with Crippen LogP contribution in [0.1, 0.15) is 26.7 Å². The fourth-order valence-corrected chi connectivity index (χ4v) is 2.95. The molecule has 1 rings (SSSR count). The van der Waals surface area contributed by atoms with Crippen LogP contribution in [-0.4, -0.2) is 48.6 Å². The Balaban J connectivity index is 2.08. The molecular formula is C14H26N2S. The van der Waals surface area contributed by atoms with Crippen LogP contribution in [0.15, 0.2) is 0 Å². The highest BCUT2D eigenvalue weighted by Gasteiger charge is 2.22. The van der Waals surface area contributed by atoms with Gasteiger partial charge in [-0.25, -0.2) is 0 Å². The second-order valence-corrected chi connectivity index (χ2v) is 5.88. The van der Waals surface area contributed by atoms with Crippen molar-refractivity contribution in [1.82, 2.24) is 10.2 Å². The third kappa shape index (κ3) is 5.81. The summed E-state index contributed by atoms with van der Waals surface area (Å²) in [5.74, 6) is 5.48. The topological polar surface area (TPSA) is 15.3 Å². The van der Waals surface area contributed by atoms with E-state index in [4.69, 9.17) is 6.42 Å². The number of nitrogens with zero attached hydrogens (tertiary/aromatic N) is 1. The average molecular weight is 254 g/mol. The number of rotatable bonds is 7. The van der Waals surface area contributed by atoms with Gasteiger partial charge in [0.05, 0.1) is 5.75 Å². The SMILES string of the molecule is C#CCSCCNC(C)C1CCN(CC)CC1. The number of nitrogens with one attached hydrogen (secondary N) is 1. The zero-order valence-corrected chi connectivity index (χ0v) is 12.1. The molecule has 0 aromatic carbocycles. The Morgan fingerprint density at radius 3 is 2.76 bits per heavy atom. The van der Waals surface area contributed by atoms with Crippen LogP contribution in [0, 0.1) is 18.3 Å². The lowest BCUT2D eigenvalue weighted by atomic mass is 9.90. The van der Waals surface area contributed by atoms with Crippen LogP contribution in [0.2, 0.25) is 0 Å². The molecule has 0 spiro atoms. The minimum absolute atomic E-state index is 0.653. The van der Waals surface area contributed by atoms with E-state index in [2.05, 4.69) is 30.0 Å². The number of terminal acetylenes is 1. The molecular weight excluding hydrogens is 228 g/mol. The molecule has 1 N–H and O–H groups in total. The maximum Gasteiger partial charge on any atom is 0.0545 e. The normalized spacial score (nSPS) is 20.1. The van der Waals surface area contributed by atoms with Gasteiger partial charge in [-0.2, -0.15) is 0 Å². The second kappa shape index (κ2) is 8.85. The fraction of sp³-hybridized carbons (Fsp3) is 0.857. The monoisotopic (exact) mass is 254 g/mol. The Hall–Kier alpha value is -0.170. The summed E-state index contributed by atoms with van der Waals surface area (Å²) in [6, 6.07) is 0.653. The van der Waals surface area contributed by atoms with Crippen LogP contribution in [0.5, 0.6) is 0 Å². The summed E-state index contributed by atoms with van der Waals surface area (Å²) in [4.78, 5) is 2.55. The summed E-state index contributed by atoms with van der Waals surface area (Å²) in [6.45, 7) is 9.43. The summed E-state index contributed by atoms with van der Waals surface area (Å²) in [6.07, 6.45) is 7.91. The van der Waals surface area contributed by atoms with Crippen LogP contribution in [0.4, 0.5) is 0 Å². The zero-order valence-electron chi connectivity index (χ0n) is 11.2. The summed E-state index contributed by atoms with van der Waals surface area (Å²) in [7, 11) is 0. The summed E-state index contributed by atoms with van der Waals surface area (Å²) >= 11 is 1.84. The molecule has 0 aliphatic carbocycles. The van der Waals surface area contributed by atoms with Gasteiger partial charge in [0.25, 0.3) is 0 Å². The molecule has 1 unspecified atom stereocenters. The molecule has 0 radical (unpaired) electrons. The molecule has 0 saturated carbocycles. The largest absolute Gasteiger partial charge is 0.313 e. The van der Waals surface area contributed by atoms with E-state index in [0.717, 1.165) is 24.0 Å². The lowest BCUT2D eigenvalue weighted by molar-refractivity contribution is 0.170. The minimum atomic E-state index is 0.653. The quantitative estimate of drug-likeness (QED) is 0.553. The molecule has 2 nitrogen and oxygen atoms in total. The van der Waals surface area contributed by atoms with Crippen molar-refractivity contribution in [3.8, 4) is 12.3 Å². The van der Waals surface area contributed by atoms with Crippen LogP contribution in [0.3, 0.4) is 0 Å². The average Bonchev–Trinajstić information content (AvgIpc) is 2.38. The van der Waals surface area contributed by atoms with Gasteiger partial charge in [-0.15, -0.1) is 18.2 Å². The number of thioether (sulfide) groups is 1. The molecule has 0 amide bonds. The van der Waals surface area contributed by atoms with Gasteiger partial charge in [0, 0.05) is 18.3 Å². The first-order chi connectivity index (χ1) is 8.27. The summed E-state index contributed by atoms with van der Waals surface area (Å²) < 4.78 is 0. The molecule has 0 bridgehead atoms. The van der Waals surface area contributed by atoms with Crippen molar-refractivity contribution >= 4 is 11.8 Å². The van der Waals surface area contributed by atoms with Crippen molar-refractivity contribution in [3.05, 3.63) is 0 Å². The van der Waals surface area contributed by atoms with Crippen LogP contribution in [-0.2, 0) is 0 Å². The predicted molar refractivity (Wildman–Crippen MR) is 78.5 cm³/mol. The van der Waals surface area contributed by atoms with E-state index in [0.29, 0.717) is 6.04 Å². The van der Waals surface area contributed by atoms with Gasteiger partial charge in [0.15, 0.2) is 0 Å². The van der Waals surface area contributed by atoms with Gasteiger partial charge in [0.1, 0.15) is 0 Å². The standard InChI is InChI=1S/C14H26N2S/c1-4-11-17-12-8-15-13(3)14-6-9-16(5-2)10-7-14/h1,13-15H,5-12H2,2-3H3. The van der Waals surface area contributed by atoms with E-state index in [-0.39, 0.29) is 0 Å². The molecule has 1 aliphatic heterocycles. The minimum Gasteiger partial charge on any atom is -0.313 e. The molecule has 0 aromatic heterocycles. The smallest absolute Gasteiger partial charge is 0.0545 e. The first-order valence-corrected chi connectivity index (χ1v) is 7.90. The maximum absolute atomic E-state index is 5.22. The Labute approximate surface area is 111 Å². The van der Waals surface area contributed by atoms with Crippen molar-refractivity contribution in [2.75, 3.05) is 37.7 Å².